The molecule has 0 fully saturated rings. The fraction of sp³-hybridized carbons (Fsp3) is 0.235. The zero-order valence-corrected chi connectivity index (χ0v) is 15.1. The molecule has 0 spiro atoms. The molecule has 0 saturated carbocycles. The van der Waals surface area contributed by atoms with E-state index in [1.807, 2.05) is 13.8 Å². The third-order valence-electron chi connectivity index (χ3n) is 4.48. The van der Waals surface area contributed by atoms with Gasteiger partial charge in [0.2, 0.25) is 10.9 Å². The first kappa shape index (κ1) is 16.4. The van der Waals surface area contributed by atoms with Crippen molar-refractivity contribution in [1.29, 1.82) is 0 Å². The normalized spacial score (nSPS) is 14.8. The van der Waals surface area contributed by atoms with Crippen molar-refractivity contribution in [2.45, 2.75) is 26.8 Å². The molecule has 4 rings (SSSR count). The molecule has 1 N–H and O–H groups in total. The topological polar surface area (TPSA) is 96.7 Å². The number of hydrogen-bond donors (Lipinski definition) is 1. The van der Waals surface area contributed by atoms with Crippen molar-refractivity contribution in [2.75, 3.05) is 5.32 Å². The molecule has 0 saturated heterocycles. The third kappa shape index (κ3) is 2.31. The average Bonchev–Trinajstić information content (AvgIpc) is 3.21. The molecule has 2 aromatic heterocycles. The number of aromatic nitrogens is 3. The highest BCUT2D eigenvalue weighted by atomic mass is 32.1. The Kier molecular flexibility index (Phi) is 3.62. The maximum atomic E-state index is 12.5. The van der Waals surface area contributed by atoms with Gasteiger partial charge in [0.25, 0.3) is 17.8 Å². The average molecular weight is 369 g/mol. The molecular formula is C17H15N5O3S. The van der Waals surface area contributed by atoms with Gasteiger partial charge in [0.05, 0.1) is 16.8 Å². The SMILES string of the molecule is Cc1sc2nc(NC(=O)C(C)N3C(=O)c4ccccc4C3=O)nn2c1C. The molecule has 1 aliphatic heterocycles. The van der Waals surface area contributed by atoms with Crippen molar-refractivity contribution in [3.8, 4) is 0 Å². The maximum absolute atomic E-state index is 12.5. The van der Waals surface area contributed by atoms with Gasteiger partial charge in [-0.2, -0.15) is 4.98 Å². The minimum atomic E-state index is -0.980. The van der Waals surface area contributed by atoms with Crippen molar-refractivity contribution >= 4 is 40.0 Å². The Balaban J connectivity index is 1.56. The van der Waals surface area contributed by atoms with E-state index in [0.717, 1.165) is 15.5 Å². The Hall–Kier alpha value is -3.07. The summed E-state index contributed by atoms with van der Waals surface area (Å²) in [6.07, 6.45) is 0. The van der Waals surface area contributed by atoms with Gasteiger partial charge >= 0.3 is 0 Å². The third-order valence-corrected chi connectivity index (χ3v) is 5.52. The predicted octanol–water partition coefficient (Wildman–Crippen LogP) is 2.03. The lowest BCUT2D eigenvalue weighted by Crippen LogP contribution is -2.45. The van der Waals surface area contributed by atoms with Gasteiger partial charge in [-0.25, -0.2) is 4.52 Å². The second-order valence-corrected chi connectivity index (χ2v) is 7.25. The number of benzene rings is 1. The van der Waals surface area contributed by atoms with Crippen molar-refractivity contribution in [3.63, 3.8) is 0 Å². The molecule has 132 valence electrons. The quantitative estimate of drug-likeness (QED) is 0.713. The lowest BCUT2D eigenvalue weighted by molar-refractivity contribution is -0.119. The molecule has 26 heavy (non-hydrogen) atoms. The number of fused-ring (bicyclic) bond motifs is 2. The summed E-state index contributed by atoms with van der Waals surface area (Å²) in [5.41, 5.74) is 1.57. The Labute approximate surface area is 152 Å². The number of hydrogen-bond acceptors (Lipinski definition) is 6. The van der Waals surface area contributed by atoms with E-state index in [0.29, 0.717) is 16.1 Å². The van der Waals surface area contributed by atoms with Crippen LogP contribution < -0.4 is 5.32 Å². The van der Waals surface area contributed by atoms with Crippen LogP contribution in [0, 0.1) is 13.8 Å². The fourth-order valence-corrected chi connectivity index (χ4v) is 3.79. The molecule has 0 bridgehead atoms. The van der Waals surface area contributed by atoms with Crippen LogP contribution in [-0.2, 0) is 4.79 Å². The number of carbonyl (C=O) groups excluding carboxylic acids is 3. The summed E-state index contributed by atoms with van der Waals surface area (Å²) >= 11 is 1.47. The summed E-state index contributed by atoms with van der Waals surface area (Å²) < 4.78 is 1.66. The van der Waals surface area contributed by atoms with Crippen LogP contribution in [0.4, 0.5) is 5.95 Å². The molecule has 8 nitrogen and oxygen atoms in total. The second-order valence-electron chi connectivity index (χ2n) is 6.06. The zero-order valence-electron chi connectivity index (χ0n) is 14.3. The van der Waals surface area contributed by atoms with Gasteiger partial charge in [0, 0.05) is 4.88 Å². The van der Waals surface area contributed by atoms with Crippen LogP contribution >= 0.6 is 11.3 Å². The zero-order chi connectivity index (χ0) is 18.6. The van der Waals surface area contributed by atoms with Gasteiger partial charge in [-0.05, 0) is 32.9 Å². The number of rotatable bonds is 3. The van der Waals surface area contributed by atoms with Crippen LogP contribution in [0.3, 0.4) is 0 Å². The molecule has 0 radical (unpaired) electrons. The van der Waals surface area contributed by atoms with Gasteiger partial charge in [-0.3, -0.25) is 24.6 Å². The van der Waals surface area contributed by atoms with Crippen LogP contribution in [0.2, 0.25) is 0 Å². The van der Waals surface area contributed by atoms with Gasteiger partial charge in [0.15, 0.2) is 0 Å². The fourth-order valence-electron chi connectivity index (χ4n) is 2.89. The Morgan fingerprint density at radius 3 is 2.35 bits per heavy atom. The van der Waals surface area contributed by atoms with Crippen LogP contribution in [0.1, 0.15) is 38.2 Å². The van der Waals surface area contributed by atoms with E-state index < -0.39 is 23.8 Å². The Morgan fingerprint density at radius 2 is 1.77 bits per heavy atom. The number of thiazole rings is 1. The van der Waals surface area contributed by atoms with Gasteiger partial charge in [-0.1, -0.05) is 23.5 Å². The van der Waals surface area contributed by atoms with Crippen LogP contribution in [-0.4, -0.2) is 43.3 Å². The van der Waals surface area contributed by atoms with E-state index in [-0.39, 0.29) is 5.95 Å². The minimum absolute atomic E-state index is 0.146. The highest BCUT2D eigenvalue weighted by Gasteiger charge is 2.40. The smallest absolute Gasteiger partial charge is 0.262 e. The van der Waals surface area contributed by atoms with Crippen molar-refractivity contribution < 1.29 is 14.4 Å². The summed E-state index contributed by atoms with van der Waals surface area (Å²) in [6, 6.07) is 5.55. The van der Waals surface area contributed by atoms with E-state index in [2.05, 4.69) is 15.4 Å². The molecule has 3 heterocycles. The van der Waals surface area contributed by atoms with Gasteiger partial charge in [0.1, 0.15) is 6.04 Å². The van der Waals surface area contributed by atoms with E-state index in [9.17, 15) is 14.4 Å². The van der Waals surface area contributed by atoms with Crippen LogP contribution in [0.15, 0.2) is 24.3 Å². The lowest BCUT2D eigenvalue weighted by atomic mass is 10.1. The highest BCUT2D eigenvalue weighted by molar-refractivity contribution is 7.17. The summed E-state index contributed by atoms with van der Waals surface area (Å²) in [6.45, 7) is 5.39. The number of nitrogens with one attached hydrogen (secondary N) is 1. The van der Waals surface area contributed by atoms with Crippen molar-refractivity contribution in [2.24, 2.45) is 0 Å². The number of nitrogens with zero attached hydrogens (tertiary/aromatic N) is 4. The van der Waals surface area contributed by atoms with Crippen LogP contribution in [0.25, 0.3) is 4.96 Å². The second kappa shape index (κ2) is 5.73. The summed E-state index contributed by atoms with van der Waals surface area (Å²) in [5, 5.41) is 6.84. The largest absolute Gasteiger partial charge is 0.291 e. The van der Waals surface area contributed by atoms with Gasteiger partial charge in [-0.15, -0.1) is 5.10 Å². The molecule has 1 aliphatic rings. The molecule has 1 unspecified atom stereocenters. The standard InChI is InChI=1S/C17H15N5O3S/c1-8-10(3)26-17-19-16(20-22(8)17)18-13(23)9(2)21-14(24)11-6-4-5-7-12(11)15(21)25/h4-7,9H,1-3H3,(H,18,20,23). The van der Waals surface area contributed by atoms with E-state index in [1.165, 1.54) is 18.3 Å². The molecule has 1 atom stereocenters. The van der Waals surface area contributed by atoms with Crippen molar-refractivity contribution in [3.05, 3.63) is 46.0 Å². The number of anilines is 1. The molecule has 9 heteroatoms. The Morgan fingerprint density at radius 1 is 1.15 bits per heavy atom. The number of carbonyl (C=O) groups is 3. The van der Waals surface area contributed by atoms with Crippen LogP contribution in [0.5, 0.6) is 0 Å². The number of amides is 3. The minimum Gasteiger partial charge on any atom is -0.291 e. The molecular weight excluding hydrogens is 354 g/mol. The molecule has 3 amide bonds. The molecule has 0 aliphatic carbocycles. The number of imide groups is 1. The summed E-state index contributed by atoms with van der Waals surface area (Å²) in [4.78, 5) is 44.5. The highest BCUT2D eigenvalue weighted by Crippen LogP contribution is 2.25. The first-order valence-corrected chi connectivity index (χ1v) is 8.80. The monoisotopic (exact) mass is 369 g/mol. The van der Waals surface area contributed by atoms with Gasteiger partial charge < -0.3 is 0 Å². The lowest BCUT2D eigenvalue weighted by Gasteiger charge is -2.20. The summed E-state index contributed by atoms with van der Waals surface area (Å²) in [7, 11) is 0. The van der Waals surface area contributed by atoms with Crippen molar-refractivity contribution in [1.82, 2.24) is 19.5 Å². The van der Waals surface area contributed by atoms with E-state index in [4.69, 9.17) is 0 Å². The maximum Gasteiger partial charge on any atom is 0.262 e. The summed E-state index contributed by atoms with van der Waals surface area (Å²) in [5.74, 6) is -1.32. The van der Waals surface area contributed by atoms with E-state index >= 15 is 0 Å². The molecule has 3 aromatic rings. The van der Waals surface area contributed by atoms with E-state index in [1.54, 1.807) is 28.8 Å². The number of aryl methyl sites for hydroxylation is 2. The Bertz CT molecular complexity index is 1050. The first-order chi connectivity index (χ1) is 12.4. The predicted molar refractivity (Wildman–Crippen MR) is 95.4 cm³/mol. The first-order valence-electron chi connectivity index (χ1n) is 7.99. The molecule has 1 aromatic carbocycles.